The van der Waals surface area contributed by atoms with E-state index in [4.69, 9.17) is 4.74 Å². The summed E-state index contributed by atoms with van der Waals surface area (Å²) in [6.45, 7) is 0.817. The quantitative estimate of drug-likeness (QED) is 0.472. The molecule has 9 heteroatoms. The van der Waals surface area contributed by atoms with Crippen molar-refractivity contribution >= 4 is 17.6 Å². The number of guanidine groups is 1. The molecule has 1 aliphatic rings. The number of carbonyl (C=O) groups is 1. The second-order valence-electron chi connectivity index (χ2n) is 6.19. The highest BCUT2D eigenvalue weighted by molar-refractivity contribution is 6.09. The van der Waals surface area contributed by atoms with Crippen LogP contribution in [0.3, 0.4) is 0 Å². The summed E-state index contributed by atoms with van der Waals surface area (Å²) in [6.07, 6.45) is 1.54. The topological polar surface area (TPSA) is 62.7 Å². The fraction of sp³-hybridized carbons (Fsp3) is 0.263. The van der Waals surface area contributed by atoms with Crippen molar-refractivity contribution in [2.24, 2.45) is 4.99 Å². The Bertz CT molecular complexity index is 878. The van der Waals surface area contributed by atoms with Gasteiger partial charge in [0.2, 0.25) is 5.96 Å². The van der Waals surface area contributed by atoms with Crippen LogP contribution in [0, 0.1) is 23.3 Å². The summed E-state index contributed by atoms with van der Waals surface area (Å²) in [4.78, 5) is 16.5. The molecule has 0 bridgehead atoms. The molecule has 1 unspecified atom stereocenters. The zero-order valence-electron chi connectivity index (χ0n) is 14.6. The molecule has 1 atom stereocenters. The molecule has 2 N–H and O–H groups in total. The van der Waals surface area contributed by atoms with Crippen LogP contribution < -0.4 is 10.6 Å². The molecule has 2 aromatic rings. The Balaban J connectivity index is 1.79. The fourth-order valence-electron chi connectivity index (χ4n) is 2.67. The Kier molecular flexibility index (Phi) is 6.25. The Morgan fingerprint density at radius 3 is 2.46 bits per heavy atom. The fourth-order valence-corrected chi connectivity index (χ4v) is 2.67. The molecular weight excluding hydrogens is 378 g/mol. The molecule has 1 saturated heterocycles. The summed E-state index contributed by atoms with van der Waals surface area (Å²) >= 11 is 0. The SMILES string of the molecule is O=C(NC(=NCC1CCCO1)Nc1cc(F)cc(F)c1)c1ccc(F)c(F)c1. The van der Waals surface area contributed by atoms with Crippen LogP contribution in [-0.2, 0) is 4.74 Å². The minimum Gasteiger partial charge on any atom is -0.376 e. The van der Waals surface area contributed by atoms with Crippen LogP contribution >= 0.6 is 0 Å². The number of halogens is 4. The minimum atomic E-state index is -1.18. The molecule has 0 aromatic heterocycles. The second-order valence-corrected chi connectivity index (χ2v) is 6.19. The van der Waals surface area contributed by atoms with Crippen LogP contribution in [0.25, 0.3) is 0 Å². The van der Waals surface area contributed by atoms with Crippen molar-refractivity contribution in [3.05, 3.63) is 65.2 Å². The van der Waals surface area contributed by atoms with Crippen LogP contribution in [0.1, 0.15) is 23.2 Å². The number of ether oxygens (including phenoxy) is 1. The van der Waals surface area contributed by atoms with E-state index in [-0.39, 0.29) is 29.9 Å². The van der Waals surface area contributed by atoms with Gasteiger partial charge in [-0.05, 0) is 43.2 Å². The van der Waals surface area contributed by atoms with Crippen LogP contribution in [0.2, 0.25) is 0 Å². The maximum atomic E-state index is 13.4. The van der Waals surface area contributed by atoms with Crippen LogP contribution in [0.4, 0.5) is 23.2 Å². The number of hydrogen-bond acceptors (Lipinski definition) is 3. The number of anilines is 1. The van der Waals surface area contributed by atoms with Gasteiger partial charge >= 0.3 is 0 Å². The molecule has 0 saturated carbocycles. The van der Waals surface area contributed by atoms with Gasteiger partial charge in [0.05, 0.1) is 12.6 Å². The van der Waals surface area contributed by atoms with Crippen molar-refractivity contribution < 1.29 is 27.1 Å². The largest absolute Gasteiger partial charge is 0.376 e. The van der Waals surface area contributed by atoms with Gasteiger partial charge in [0.1, 0.15) is 11.6 Å². The lowest BCUT2D eigenvalue weighted by molar-refractivity contribution is 0.0975. The number of aliphatic imine (C=N–C) groups is 1. The van der Waals surface area contributed by atoms with Crippen molar-refractivity contribution in [2.75, 3.05) is 18.5 Å². The standard InChI is InChI=1S/C19H17F4N3O2/c20-12-7-13(21)9-14(8-12)25-19(24-10-15-2-1-5-28-15)26-18(27)11-3-4-16(22)17(23)6-11/h3-4,6-9,15H,1-2,5,10H2,(H2,24,25,26,27). The highest BCUT2D eigenvalue weighted by Gasteiger charge is 2.17. The maximum Gasteiger partial charge on any atom is 0.258 e. The van der Waals surface area contributed by atoms with Gasteiger partial charge in [0.25, 0.3) is 5.91 Å². The number of nitrogens with one attached hydrogen (secondary N) is 2. The molecule has 2 aromatic carbocycles. The predicted octanol–water partition coefficient (Wildman–Crippen LogP) is 3.62. The Morgan fingerprint density at radius 1 is 1.07 bits per heavy atom. The zero-order chi connectivity index (χ0) is 20.1. The predicted molar refractivity (Wildman–Crippen MR) is 95.1 cm³/mol. The molecule has 1 amide bonds. The first-order chi connectivity index (χ1) is 13.4. The molecule has 0 aliphatic carbocycles. The number of nitrogens with zero attached hydrogens (tertiary/aromatic N) is 1. The van der Waals surface area contributed by atoms with Crippen LogP contribution in [0.15, 0.2) is 41.4 Å². The van der Waals surface area contributed by atoms with E-state index in [1.807, 2.05) is 0 Å². The van der Waals surface area contributed by atoms with Gasteiger partial charge < -0.3 is 10.1 Å². The number of rotatable bonds is 4. The summed E-state index contributed by atoms with van der Waals surface area (Å²) in [5.74, 6) is -4.76. The summed E-state index contributed by atoms with van der Waals surface area (Å²) in [7, 11) is 0. The van der Waals surface area contributed by atoms with Gasteiger partial charge in [0, 0.05) is 23.9 Å². The monoisotopic (exact) mass is 395 g/mol. The van der Waals surface area contributed by atoms with Crippen molar-refractivity contribution in [3.8, 4) is 0 Å². The van der Waals surface area contributed by atoms with E-state index in [1.54, 1.807) is 0 Å². The van der Waals surface area contributed by atoms with Gasteiger partial charge in [-0.3, -0.25) is 10.1 Å². The molecule has 148 valence electrons. The smallest absolute Gasteiger partial charge is 0.258 e. The first-order valence-corrected chi connectivity index (χ1v) is 8.56. The highest BCUT2D eigenvalue weighted by Crippen LogP contribution is 2.15. The molecule has 0 radical (unpaired) electrons. The Labute approximate surface area is 158 Å². The number of hydrogen-bond donors (Lipinski definition) is 2. The molecule has 1 fully saturated rings. The Hall–Kier alpha value is -2.94. The summed E-state index contributed by atoms with van der Waals surface area (Å²) in [5.41, 5.74) is -0.120. The van der Waals surface area contributed by atoms with E-state index >= 15 is 0 Å². The van der Waals surface area contributed by atoms with E-state index in [9.17, 15) is 22.4 Å². The van der Waals surface area contributed by atoms with Gasteiger partial charge in [-0.2, -0.15) is 0 Å². The maximum absolute atomic E-state index is 13.4. The first kappa shape index (κ1) is 19.8. The van der Waals surface area contributed by atoms with E-state index in [1.165, 1.54) is 0 Å². The molecular formula is C19H17F4N3O2. The number of carbonyl (C=O) groups excluding carboxylic acids is 1. The second kappa shape index (κ2) is 8.83. The van der Waals surface area contributed by atoms with E-state index in [2.05, 4.69) is 15.6 Å². The minimum absolute atomic E-state index is 0.0224. The molecule has 1 heterocycles. The van der Waals surface area contributed by atoms with Crippen molar-refractivity contribution in [3.63, 3.8) is 0 Å². The van der Waals surface area contributed by atoms with E-state index in [0.29, 0.717) is 12.7 Å². The summed E-state index contributed by atoms with van der Waals surface area (Å²) < 4.78 is 58.7. The van der Waals surface area contributed by atoms with Gasteiger partial charge in [-0.25, -0.2) is 22.6 Å². The molecule has 5 nitrogen and oxygen atoms in total. The molecule has 0 spiro atoms. The molecule has 28 heavy (non-hydrogen) atoms. The van der Waals surface area contributed by atoms with Crippen molar-refractivity contribution in [1.29, 1.82) is 0 Å². The lowest BCUT2D eigenvalue weighted by atomic mass is 10.2. The average Bonchev–Trinajstić information content (AvgIpc) is 3.14. The third kappa shape index (κ3) is 5.29. The van der Waals surface area contributed by atoms with Crippen LogP contribution in [0.5, 0.6) is 0 Å². The van der Waals surface area contributed by atoms with Crippen LogP contribution in [-0.4, -0.2) is 31.1 Å². The third-order valence-electron chi connectivity index (χ3n) is 4.02. The van der Waals surface area contributed by atoms with E-state index < -0.39 is 29.2 Å². The summed E-state index contributed by atoms with van der Waals surface area (Å²) in [6, 6.07) is 5.41. The van der Waals surface area contributed by atoms with Crippen molar-refractivity contribution in [1.82, 2.24) is 5.32 Å². The van der Waals surface area contributed by atoms with Gasteiger partial charge in [-0.15, -0.1) is 0 Å². The third-order valence-corrected chi connectivity index (χ3v) is 4.02. The Morgan fingerprint density at radius 2 is 1.82 bits per heavy atom. The zero-order valence-corrected chi connectivity index (χ0v) is 14.6. The lowest BCUT2D eigenvalue weighted by Crippen LogP contribution is -2.37. The highest BCUT2D eigenvalue weighted by atomic mass is 19.2. The van der Waals surface area contributed by atoms with Crippen molar-refractivity contribution in [2.45, 2.75) is 18.9 Å². The lowest BCUT2D eigenvalue weighted by Gasteiger charge is -2.13. The molecule has 1 aliphatic heterocycles. The average molecular weight is 395 g/mol. The number of benzene rings is 2. The normalized spacial score (nSPS) is 16.9. The summed E-state index contributed by atoms with van der Waals surface area (Å²) in [5, 5.41) is 5.03. The van der Waals surface area contributed by atoms with Gasteiger partial charge in [-0.1, -0.05) is 0 Å². The number of amides is 1. The molecule has 3 rings (SSSR count). The van der Waals surface area contributed by atoms with E-state index in [0.717, 1.165) is 43.2 Å². The first-order valence-electron chi connectivity index (χ1n) is 8.56. The van der Waals surface area contributed by atoms with Gasteiger partial charge in [0.15, 0.2) is 11.6 Å².